The van der Waals surface area contributed by atoms with Crippen LogP contribution in [0.2, 0.25) is 0 Å². The zero-order valence-electron chi connectivity index (χ0n) is 9.77. The van der Waals surface area contributed by atoms with E-state index in [4.69, 9.17) is 10.5 Å². The minimum absolute atomic E-state index is 0.00454. The highest BCUT2D eigenvalue weighted by molar-refractivity contribution is 7.07. The maximum Gasteiger partial charge on any atom is 0.168 e. The third kappa shape index (κ3) is 2.86. The van der Waals surface area contributed by atoms with E-state index in [1.54, 1.807) is 6.92 Å². The Hall–Kier alpha value is -1.46. The lowest BCUT2D eigenvalue weighted by Gasteiger charge is -2.22. The lowest BCUT2D eigenvalue weighted by Crippen LogP contribution is -2.28. The van der Waals surface area contributed by atoms with E-state index in [2.05, 4.69) is 0 Å². The Morgan fingerprint density at radius 2 is 2.06 bits per heavy atom. The summed E-state index contributed by atoms with van der Waals surface area (Å²) in [7, 11) is 0. The molecule has 1 aromatic carbocycles. The summed E-state index contributed by atoms with van der Waals surface area (Å²) in [6, 6.07) is 4.79. The Balaban J connectivity index is 2.24. The molecule has 1 aromatic heterocycles. The number of halogens is 2. The van der Waals surface area contributed by atoms with Crippen molar-refractivity contribution in [1.29, 1.82) is 0 Å². The van der Waals surface area contributed by atoms with Crippen LogP contribution in [0.5, 0.6) is 5.75 Å². The summed E-state index contributed by atoms with van der Waals surface area (Å²) in [5, 5.41) is 3.80. The van der Waals surface area contributed by atoms with Gasteiger partial charge in [0.05, 0.1) is 0 Å². The van der Waals surface area contributed by atoms with E-state index in [1.165, 1.54) is 17.4 Å². The molecule has 2 atom stereocenters. The van der Waals surface area contributed by atoms with Gasteiger partial charge in [-0.1, -0.05) is 0 Å². The highest BCUT2D eigenvalue weighted by Gasteiger charge is 2.20. The zero-order chi connectivity index (χ0) is 13.1. The molecule has 0 fully saturated rings. The van der Waals surface area contributed by atoms with Gasteiger partial charge in [-0.05, 0) is 35.9 Å². The average molecular weight is 269 g/mol. The van der Waals surface area contributed by atoms with E-state index in [1.807, 2.05) is 16.8 Å². The Morgan fingerprint density at radius 1 is 1.28 bits per heavy atom. The Morgan fingerprint density at radius 3 is 2.61 bits per heavy atom. The van der Waals surface area contributed by atoms with Gasteiger partial charge >= 0.3 is 0 Å². The van der Waals surface area contributed by atoms with Crippen molar-refractivity contribution in [1.82, 2.24) is 0 Å². The first-order chi connectivity index (χ1) is 8.58. The van der Waals surface area contributed by atoms with Crippen LogP contribution in [0.3, 0.4) is 0 Å². The number of rotatable bonds is 4. The molecule has 0 aliphatic rings. The summed E-state index contributed by atoms with van der Waals surface area (Å²) >= 11 is 1.51. The molecule has 0 aliphatic heterocycles. The third-order valence-electron chi connectivity index (χ3n) is 2.50. The van der Waals surface area contributed by atoms with E-state index in [-0.39, 0.29) is 11.8 Å². The van der Waals surface area contributed by atoms with Crippen molar-refractivity contribution in [2.24, 2.45) is 5.73 Å². The van der Waals surface area contributed by atoms with Crippen LogP contribution < -0.4 is 10.5 Å². The fourth-order valence-corrected chi connectivity index (χ4v) is 2.31. The molecule has 0 radical (unpaired) electrons. The predicted molar refractivity (Wildman–Crippen MR) is 67.7 cm³/mol. The van der Waals surface area contributed by atoms with Gasteiger partial charge in [-0.25, -0.2) is 8.78 Å². The summed E-state index contributed by atoms with van der Waals surface area (Å²) in [6.07, 6.45) is -0.448. The van der Waals surface area contributed by atoms with Gasteiger partial charge in [-0.2, -0.15) is 11.3 Å². The molecule has 0 aliphatic carbocycles. The summed E-state index contributed by atoms with van der Waals surface area (Å²) in [4.78, 5) is 0. The molecular weight excluding hydrogens is 256 g/mol. The van der Waals surface area contributed by atoms with Crippen LogP contribution in [0, 0.1) is 11.6 Å². The van der Waals surface area contributed by atoms with Crippen molar-refractivity contribution < 1.29 is 13.5 Å². The average Bonchev–Trinajstić information content (AvgIpc) is 2.80. The summed E-state index contributed by atoms with van der Waals surface area (Å²) < 4.78 is 31.9. The molecule has 2 unspecified atom stereocenters. The molecule has 1 heterocycles. The van der Waals surface area contributed by atoms with Crippen molar-refractivity contribution in [2.45, 2.75) is 19.1 Å². The van der Waals surface area contributed by atoms with E-state index in [0.29, 0.717) is 0 Å². The molecule has 0 saturated carbocycles. The maximum atomic E-state index is 13.5. The monoisotopic (exact) mass is 269 g/mol. The lowest BCUT2D eigenvalue weighted by atomic mass is 10.1. The van der Waals surface area contributed by atoms with Crippen LogP contribution in [0.25, 0.3) is 0 Å². The van der Waals surface area contributed by atoms with Gasteiger partial charge in [-0.15, -0.1) is 0 Å². The molecule has 96 valence electrons. The van der Waals surface area contributed by atoms with Crippen LogP contribution in [0.1, 0.15) is 18.6 Å². The second kappa shape index (κ2) is 5.46. The van der Waals surface area contributed by atoms with Gasteiger partial charge in [0.1, 0.15) is 11.9 Å². The van der Waals surface area contributed by atoms with Crippen molar-refractivity contribution in [3.05, 3.63) is 52.2 Å². The van der Waals surface area contributed by atoms with Crippen LogP contribution >= 0.6 is 11.3 Å². The molecule has 0 saturated heterocycles. The standard InChI is InChI=1S/C13H13F2NOS/c1-8(16)13(9-4-5-18-7-9)17-12-3-2-10(14)6-11(12)15/h2-8,13H,16H2,1H3. The van der Waals surface area contributed by atoms with Crippen LogP contribution in [0.15, 0.2) is 35.0 Å². The molecule has 0 bridgehead atoms. The molecule has 2 aromatic rings. The van der Waals surface area contributed by atoms with Crippen LogP contribution in [-0.2, 0) is 0 Å². The third-order valence-corrected chi connectivity index (χ3v) is 3.20. The van der Waals surface area contributed by atoms with Gasteiger partial charge in [0, 0.05) is 17.7 Å². The van der Waals surface area contributed by atoms with Crippen molar-refractivity contribution >= 4 is 11.3 Å². The number of benzene rings is 1. The molecule has 2 nitrogen and oxygen atoms in total. The fourth-order valence-electron chi connectivity index (χ4n) is 1.62. The van der Waals surface area contributed by atoms with Gasteiger partial charge < -0.3 is 10.5 Å². The molecule has 0 spiro atoms. The van der Waals surface area contributed by atoms with E-state index < -0.39 is 17.7 Å². The van der Waals surface area contributed by atoms with Crippen molar-refractivity contribution in [2.75, 3.05) is 0 Å². The highest BCUT2D eigenvalue weighted by atomic mass is 32.1. The zero-order valence-corrected chi connectivity index (χ0v) is 10.6. The van der Waals surface area contributed by atoms with Crippen LogP contribution in [0.4, 0.5) is 8.78 Å². The predicted octanol–water partition coefficient (Wildman–Crippen LogP) is 3.49. The summed E-state index contributed by atoms with van der Waals surface area (Å²) in [6.45, 7) is 1.78. The molecule has 5 heteroatoms. The van der Waals surface area contributed by atoms with E-state index in [9.17, 15) is 8.78 Å². The molecular formula is C13H13F2NOS. The number of hydrogen-bond donors (Lipinski definition) is 1. The fraction of sp³-hybridized carbons (Fsp3) is 0.231. The molecule has 0 amide bonds. The Labute approximate surface area is 108 Å². The lowest BCUT2D eigenvalue weighted by molar-refractivity contribution is 0.173. The summed E-state index contributed by atoms with van der Waals surface area (Å²) in [5.41, 5.74) is 6.73. The minimum Gasteiger partial charge on any atom is -0.481 e. The van der Waals surface area contributed by atoms with E-state index in [0.717, 1.165) is 17.7 Å². The van der Waals surface area contributed by atoms with Gasteiger partial charge in [-0.3, -0.25) is 0 Å². The highest BCUT2D eigenvalue weighted by Crippen LogP contribution is 2.28. The van der Waals surface area contributed by atoms with Gasteiger partial charge in [0.25, 0.3) is 0 Å². The second-order valence-corrected chi connectivity index (χ2v) is 4.81. The van der Waals surface area contributed by atoms with Crippen molar-refractivity contribution in [3.63, 3.8) is 0 Å². The first kappa shape index (κ1) is 13.0. The minimum atomic E-state index is -0.726. The van der Waals surface area contributed by atoms with Crippen LogP contribution in [-0.4, -0.2) is 6.04 Å². The van der Waals surface area contributed by atoms with Gasteiger partial charge in [0.15, 0.2) is 11.6 Å². The summed E-state index contributed by atoms with van der Waals surface area (Å²) in [5.74, 6) is -1.35. The first-order valence-electron chi connectivity index (χ1n) is 5.47. The topological polar surface area (TPSA) is 35.2 Å². The largest absolute Gasteiger partial charge is 0.481 e. The quantitative estimate of drug-likeness (QED) is 0.922. The SMILES string of the molecule is CC(N)C(Oc1ccc(F)cc1F)c1ccsc1. The molecule has 2 N–H and O–H groups in total. The van der Waals surface area contributed by atoms with Crippen molar-refractivity contribution in [3.8, 4) is 5.75 Å². The number of thiophene rings is 1. The van der Waals surface area contributed by atoms with Gasteiger partial charge in [0.2, 0.25) is 0 Å². The molecule has 2 rings (SSSR count). The second-order valence-electron chi connectivity index (χ2n) is 4.03. The number of hydrogen-bond acceptors (Lipinski definition) is 3. The first-order valence-corrected chi connectivity index (χ1v) is 6.41. The Kier molecular flexibility index (Phi) is 3.93. The number of ether oxygens (including phenoxy) is 1. The smallest absolute Gasteiger partial charge is 0.168 e. The Bertz CT molecular complexity index is 514. The maximum absolute atomic E-state index is 13.5. The number of nitrogens with two attached hydrogens (primary N) is 1. The normalized spacial score (nSPS) is 14.2. The molecule has 18 heavy (non-hydrogen) atoms. The van der Waals surface area contributed by atoms with E-state index >= 15 is 0 Å².